The van der Waals surface area contributed by atoms with Crippen LogP contribution in [0.4, 0.5) is 5.69 Å². The molecule has 1 amide bonds. The largest absolute Gasteiger partial charge is 0.325 e. The second kappa shape index (κ2) is 10.2. The number of carbonyl (C=O) groups excluding carboxylic acids is 1. The van der Waals surface area contributed by atoms with Crippen LogP contribution in [0.15, 0.2) is 60.3 Å². The Labute approximate surface area is 190 Å². The summed E-state index contributed by atoms with van der Waals surface area (Å²) in [5.41, 5.74) is 2.83. The van der Waals surface area contributed by atoms with Gasteiger partial charge in [0.15, 0.2) is 11.0 Å². The quantitative estimate of drug-likeness (QED) is 0.316. The number of amides is 1. The zero-order chi connectivity index (χ0) is 21.7. The van der Waals surface area contributed by atoms with E-state index in [1.54, 1.807) is 24.3 Å². The van der Waals surface area contributed by atoms with Gasteiger partial charge in [0.1, 0.15) is 0 Å². The molecule has 0 saturated heterocycles. The number of allylic oxidation sites excluding steroid dienone is 1. The topological polar surface area (TPSA) is 59.8 Å². The molecule has 5 nitrogen and oxygen atoms in total. The molecule has 0 spiro atoms. The van der Waals surface area contributed by atoms with Crippen LogP contribution in [0, 0.1) is 0 Å². The van der Waals surface area contributed by atoms with Crippen molar-refractivity contribution in [3.8, 4) is 11.4 Å². The first-order chi connectivity index (χ1) is 14.4. The molecule has 2 aromatic carbocycles. The van der Waals surface area contributed by atoms with Gasteiger partial charge in [0, 0.05) is 17.8 Å². The predicted molar refractivity (Wildman–Crippen MR) is 126 cm³/mol. The number of carbonyl (C=O) groups is 1. The Morgan fingerprint density at radius 1 is 1.17 bits per heavy atom. The molecule has 3 rings (SSSR count). The monoisotopic (exact) mass is 460 g/mol. The van der Waals surface area contributed by atoms with E-state index in [2.05, 4.69) is 48.1 Å². The van der Waals surface area contributed by atoms with Crippen LogP contribution in [0.25, 0.3) is 11.4 Å². The first-order valence-electron chi connectivity index (χ1n) is 9.41. The number of nitrogens with one attached hydrogen (secondary N) is 1. The fraction of sp³-hybridized carbons (Fsp3) is 0.227. The van der Waals surface area contributed by atoms with E-state index in [1.807, 2.05) is 16.7 Å². The standard InChI is InChI=1S/C22H22Cl2N4OS/c1-4-11-28-21(16-7-5-15(6-8-16)14(2)3)26-27-22(28)30-13-20(29)25-17-9-10-18(23)19(24)12-17/h4-10,12,14H,1,11,13H2,2-3H3,(H,25,29). The van der Waals surface area contributed by atoms with Gasteiger partial charge in [0.2, 0.25) is 5.91 Å². The van der Waals surface area contributed by atoms with Gasteiger partial charge < -0.3 is 5.32 Å². The molecule has 0 saturated carbocycles. The number of halogens is 2. The summed E-state index contributed by atoms with van der Waals surface area (Å²) in [6.45, 7) is 8.69. The summed E-state index contributed by atoms with van der Waals surface area (Å²) in [5, 5.41) is 12.9. The molecule has 0 radical (unpaired) electrons. The Morgan fingerprint density at radius 2 is 1.90 bits per heavy atom. The van der Waals surface area contributed by atoms with Gasteiger partial charge in [-0.15, -0.1) is 16.8 Å². The average Bonchev–Trinajstić information content (AvgIpc) is 3.12. The number of anilines is 1. The van der Waals surface area contributed by atoms with E-state index in [-0.39, 0.29) is 11.7 Å². The van der Waals surface area contributed by atoms with Gasteiger partial charge in [0.05, 0.1) is 15.8 Å². The highest BCUT2D eigenvalue weighted by atomic mass is 35.5. The Hall–Kier alpha value is -2.28. The fourth-order valence-electron chi connectivity index (χ4n) is 2.82. The second-order valence-electron chi connectivity index (χ2n) is 6.95. The summed E-state index contributed by atoms with van der Waals surface area (Å²) >= 11 is 13.2. The summed E-state index contributed by atoms with van der Waals surface area (Å²) in [5.74, 6) is 1.22. The maximum atomic E-state index is 12.3. The van der Waals surface area contributed by atoms with E-state index >= 15 is 0 Å². The minimum atomic E-state index is -0.172. The molecule has 0 aliphatic carbocycles. The third-order valence-corrected chi connectivity index (χ3v) is 6.11. The molecule has 8 heteroatoms. The van der Waals surface area contributed by atoms with E-state index in [0.29, 0.717) is 33.4 Å². The predicted octanol–water partition coefficient (Wildman–Crippen LogP) is 6.29. The smallest absolute Gasteiger partial charge is 0.234 e. The number of thioether (sulfide) groups is 1. The molecule has 0 fully saturated rings. The molecule has 0 atom stereocenters. The second-order valence-corrected chi connectivity index (χ2v) is 8.70. The van der Waals surface area contributed by atoms with Gasteiger partial charge in [-0.1, -0.05) is 79.2 Å². The number of nitrogens with zero attached hydrogens (tertiary/aromatic N) is 3. The highest BCUT2D eigenvalue weighted by Crippen LogP contribution is 2.27. The van der Waals surface area contributed by atoms with E-state index in [4.69, 9.17) is 23.2 Å². The zero-order valence-corrected chi connectivity index (χ0v) is 19.1. The third-order valence-electron chi connectivity index (χ3n) is 4.40. The van der Waals surface area contributed by atoms with Gasteiger partial charge in [-0.25, -0.2) is 0 Å². The van der Waals surface area contributed by atoms with Crippen LogP contribution < -0.4 is 5.32 Å². The lowest BCUT2D eigenvalue weighted by atomic mass is 10.0. The first-order valence-corrected chi connectivity index (χ1v) is 11.1. The van der Waals surface area contributed by atoms with Crippen LogP contribution in [-0.2, 0) is 11.3 Å². The van der Waals surface area contributed by atoms with Crippen molar-refractivity contribution < 1.29 is 4.79 Å². The van der Waals surface area contributed by atoms with Crippen molar-refractivity contribution in [1.29, 1.82) is 0 Å². The highest BCUT2D eigenvalue weighted by Gasteiger charge is 2.15. The van der Waals surface area contributed by atoms with E-state index in [0.717, 1.165) is 11.4 Å². The summed E-state index contributed by atoms with van der Waals surface area (Å²) in [4.78, 5) is 12.3. The van der Waals surface area contributed by atoms with Crippen molar-refractivity contribution >= 4 is 46.6 Å². The van der Waals surface area contributed by atoms with Crippen LogP contribution in [-0.4, -0.2) is 26.4 Å². The molecule has 1 aromatic heterocycles. The molecule has 0 aliphatic rings. The molecule has 156 valence electrons. The molecular weight excluding hydrogens is 439 g/mol. The summed E-state index contributed by atoms with van der Waals surface area (Å²) < 4.78 is 1.95. The Morgan fingerprint density at radius 3 is 2.53 bits per heavy atom. The number of benzene rings is 2. The van der Waals surface area contributed by atoms with Crippen LogP contribution in [0.5, 0.6) is 0 Å². The van der Waals surface area contributed by atoms with E-state index in [9.17, 15) is 4.79 Å². The van der Waals surface area contributed by atoms with Gasteiger partial charge in [0.25, 0.3) is 0 Å². The Kier molecular flexibility index (Phi) is 7.58. The lowest BCUT2D eigenvalue weighted by Gasteiger charge is -2.10. The van der Waals surface area contributed by atoms with Gasteiger partial charge >= 0.3 is 0 Å². The SMILES string of the molecule is C=CCn1c(SCC(=O)Nc2ccc(Cl)c(Cl)c2)nnc1-c1ccc(C(C)C)cc1. The van der Waals surface area contributed by atoms with Crippen LogP contribution in [0.3, 0.4) is 0 Å². The Balaban J connectivity index is 1.72. The third kappa shape index (κ3) is 5.45. The van der Waals surface area contributed by atoms with Crippen molar-refractivity contribution in [2.45, 2.75) is 31.5 Å². The normalized spacial score (nSPS) is 11.0. The molecule has 30 heavy (non-hydrogen) atoms. The molecule has 1 heterocycles. The van der Waals surface area contributed by atoms with Gasteiger partial charge in [-0.2, -0.15) is 0 Å². The summed E-state index contributed by atoms with van der Waals surface area (Å²) in [6.07, 6.45) is 1.79. The van der Waals surface area contributed by atoms with Crippen molar-refractivity contribution in [3.63, 3.8) is 0 Å². The van der Waals surface area contributed by atoms with Crippen LogP contribution in [0.2, 0.25) is 10.0 Å². The summed E-state index contributed by atoms with van der Waals surface area (Å²) in [7, 11) is 0. The van der Waals surface area contributed by atoms with Crippen molar-refractivity contribution in [2.24, 2.45) is 0 Å². The summed E-state index contributed by atoms with van der Waals surface area (Å²) in [6, 6.07) is 13.3. The maximum absolute atomic E-state index is 12.3. The minimum Gasteiger partial charge on any atom is -0.325 e. The van der Waals surface area contributed by atoms with Gasteiger partial charge in [-0.05, 0) is 29.7 Å². The molecule has 0 unspecified atom stereocenters. The Bertz CT molecular complexity index is 1050. The molecule has 0 bridgehead atoms. The van der Waals surface area contributed by atoms with Crippen molar-refractivity contribution in [3.05, 3.63) is 70.7 Å². The number of hydrogen-bond donors (Lipinski definition) is 1. The minimum absolute atomic E-state index is 0.172. The van der Waals surface area contributed by atoms with Gasteiger partial charge in [-0.3, -0.25) is 9.36 Å². The maximum Gasteiger partial charge on any atom is 0.234 e. The lowest BCUT2D eigenvalue weighted by Crippen LogP contribution is -2.14. The number of rotatable bonds is 8. The highest BCUT2D eigenvalue weighted by molar-refractivity contribution is 7.99. The zero-order valence-electron chi connectivity index (χ0n) is 16.7. The van der Waals surface area contributed by atoms with Crippen molar-refractivity contribution in [1.82, 2.24) is 14.8 Å². The van der Waals surface area contributed by atoms with Crippen LogP contribution in [0.1, 0.15) is 25.3 Å². The molecular formula is C22H22Cl2N4OS. The molecule has 1 N–H and O–H groups in total. The number of aromatic nitrogens is 3. The average molecular weight is 461 g/mol. The van der Waals surface area contributed by atoms with Crippen LogP contribution >= 0.6 is 35.0 Å². The molecule has 0 aliphatic heterocycles. The van der Waals surface area contributed by atoms with E-state index < -0.39 is 0 Å². The first kappa shape index (κ1) is 22.4. The van der Waals surface area contributed by atoms with Crippen molar-refractivity contribution in [2.75, 3.05) is 11.1 Å². The fourth-order valence-corrected chi connectivity index (χ4v) is 3.87. The lowest BCUT2D eigenvalue weighted by molar-refractivity contribution is -0.113. The number of hydrogen-bond acceptors (Lipinski definition) is 4. The molecule has 3 aromatic rings. The van der Waals surface area contributed by atoms with E-state index in [1.165, 1.54) is 17.3 Å².